The lowest BCUT2D eigenvalue weighted by Crippen LogP contribution is -2.27. The molecule has 0 saturated heterocycles. The quantitative estimate of drug-likeness (QED) is 0.688. The van der Waals surface area contributed by atoms with E-state index in [-0.39, 0.29) is 18.0 Å². The third-order valence-electron chi connectivity index (χ3n) is 1.69. The lowest BCUT2D eigenvalue weighted by atomic mass is 10.3. The van der Waals surface area contributed by atoms with Gasteiger partial charge in [0.05, 0.1) is 6.61 Å². The molecular formula is C8H10Br2N2O3S. The second kappa shape index (κ2) is 5.46. The van der Waals surface area contributed by atoms with Crippen LogP contribution in [-0.4, -0.2) is 26.7 Å². The lowest BCUT2D eigenvalue weighted by molar-refractivity contribution is 0.301. The van der Waals surface area contributed by atoms with Crippen LogP contribution in [0.3, 0.4) is 0 Å². The van der Waals surface area contributed by atoms with Gasteiger partial charge in [0.2, 0.25) is 10.0 Å². The Labute approximate surface area is 110 Å². The summed E-state index contributed by atoms with van der Waals surface area (Å²) >= 11 is 6.27. The van der Waals surface area contributed by atoms with Crippen molar-refractivity contribution in [2.24, 2.45) is 0 Å². The number of nitrogen functional groups attached to an aromatic ring is 1. The largest absolute Gasteiger partial charge is 0.399 e. The molecule has 0 aliphatic carbocycles. The van der Waals surface area contributed by atoms with Gasteiger partial charge in [-0.3, -0.25) is 0 Å². The smallest absolute Gasteiger partial charge is 0.242 e. The predicted octanol–water partition coefficient (Wildman–Crippen LogP) is 1.06. The number of benzene rings is 1. The SMILES string of the molecule is Nc1cc(Br)c(S(=O)(=O)NCCO)c(Br)c1. The van der Waals surface area contributed by atoms with Crippen LogP contribution in [0.15, 0.2) is 26.0 Å². The number of rotatable bonds is 4. The van der Waals surface area contributed by atoms with E-state index in [1.807, 2.05) is 0 Å². The average Bonchev–Trinajstić information content (AvgIpc) is 2.12. The van der Waals surface area contributed by atoms with Crippen molar-refractivity contribution in [1.82, 2.24) is 4.72 Å². The standard InChI is InChI=1S/C8H10Br2N2O3S/c9-6-3-5(11)4-7(10)8(6)16(14,15)12-1-2-13/h3-4,12-13H,1-2,11H2. The van der Waals surface area contributed by atoms with Gasteiger partial charge in [0.15, 0.2) is 0 Å². The molecule has 4 N–H and O–H groups in total. The monoisotopic (exact) mass is 372 g/mol. The van der Waals surface area contributed by atoms with Gasteiger partial charge in [-0.15, -0.1) is 0 Å². The highest BCUT2D eigenvalue weighted by Crippen LogP contribution is 2.32. The Hall–Kier alpha value is -0.150. The van der Waals surface area contributed by atoms with Gasteiger partial charge in [-0.2, -0.15) is 0 Å². The summed E-state index contributed by atoms with van der Waals surface area (Å²) in [4.78, 5) is 0.0650. The summed E-state index contributed by atoms with van der Waals surface area (Å²) in [7, 11) is -3.66. The summed E-state index contributed by atoms with van der Waals surface area (Å²) in [6.07, 6.45) is 0. The Bertz CT molecular complexity index is 467. The predicted molar refractivity (Wildman–Crippen MR) is 68.5 cm³/mol. The first kappa shape index (κ1) is 13.9. The van der Waals surface area contributed by atoms with Gasteiger partial charge in [0.1, 0.15) is 4.90 Å². The summed E-state index contributed by atoms with van der Waals surface area (Å²) in [5, 5.41) is 8.59. The average molecular weight is 374 g/mol. The fourth-order valence-corrected chi connectivity index (χ4v) is 4.72. The first-order valence-corrected chi connectivity index (χ1v) is 7.30. The van der Waals surface area contributed by atoms with Crippen molar-refractivity contribution in [1.29, 1.82) is 0 Å². The zero-order valence-electron chi connectivity index (χ0n) is 8.07. The van der Waals surface area contributed by atoms with Crippen molar-refractivity contribution in [2.45, 2.75) is 4.90 Å². The van der Waals surface area contributed by atoms with Gasteiger partial charge in [-0.05, 0) is 44.0 Å². The molecule has 0 aliphatic rings. The van der Waals surface area contributed by atoms with E-state index in [1.165, 1.54) is 12.1 Å². The van der Waals surface area contributed by atoms with Crippen LogP contribution in [0.25, 0.3) is 0 Å². The third kappa shape index (κ3) is 3.17. The zero-order chi connectivity index (χ0) is 12.3. The molecule has 0 radical (unpaired) electrons. The number of aliphatic hydroxyl groups excluding tert-OH is 1. The Morgan fingerprint density at radius 2 is 1.81 bits per heavy atom. The van der Waals surface area contributed by atoms with E-state index >= 15 is 0 Å². The number of halogens is 2. The Morgan fingerprint density at radius 3 is 2.25 bits per heavy atom. The van der Waals surface area contributed by atoms with Gasteiger partial charge in [0.25, 0.3) is 0 Å². The van der Waals surface area contributed by atoms with Gasteiger partial charge >= 0.3 is 0 Å². The fraction of sp³-hybridized carbons (Fsp3) is 0.250. The highest BCUT2D eigenvalue weighted by atomic mass is 79.9. The first-order valence-electron chi connectivity index (χ1n) is 4.23. The summed E-state index contributed by atoms with van der Waals surface area (Å²) in [6.45, 7) is -0.297. The zero-order valence-corrected chi connectivity index (χ0v) is 12.1. The van der Waals surface area contributed by atoms with E-state index in [4.69, 9.17) is 10.8 Å². The molecule has 1 aromatic rings. The molecule has 0 aromatic heterocycles. The van der Waals surface area contributed by atoms with Crippen LogP contribution in [0.5, 0.6) is 0 Å². The number of anilines is 1. The van der Waals surface area contributed by atoms with E-state index in [9.17, 15) is 8.42 Å². The van der Waals surface area contributed by atoms with E-state index in [1.54, 1.807) is 0 Å². The van der Waals surface area contributed by atoms with E-state index in [0.29, 0.717) is 14.6 Å². The number of nitrogens with one attached hydrogen (secondary N) is 1. The molecule has 0 amide bonds. The molecule has 0 bridgehead atoms. The molecule has 90 valence electrons. The van der Waals surface area contributed by atoms with Gasteiger partial charge in [-0.25, -0.2) is 13.1 Å². The molecule has 0 saturated carbocycles. The van der Waals surface area contributed by atoms with Crippen molar-refractivity contribution >= 4 is 47.6 Å². The summed E-state index contributed by atoms with van der Waals surface area (Å²) in [5.74, 6) is 0. The number of sulfonamides is 1. The number of hydrogen-bond acceptors (Lipinski definition) is 4. The third-order valence-corrected chi connectivity index (χ3v) is 5.03. The first-order chi connectivity index (χ1) is 7.38. The normalized spacial score (nSPS) is 11.7. The summed E-state index contributed by atoms with van der Waals surface area (Å²) in [5.41, 5.74) is 6.00. The molecule has 8 heteroatoms. The maximum absolute atomic E-state index is 11.8. The molecule has 0 fully saturated rings. The number of aliphatic hydroxyl groups is 1. The second-order valence-electron chi connectivity index (χ2n) is 2.94. The highest BCUT2D eigenvalue weighted by Gasteiger charge is 2.20. The van der Waals surface area contributed by atoms with Gasteiger partial charge < -0.3 is 10.8 Å². The van der Waals surface area contributed by atoms with E-state index in [2.05, 4.69) is 36.6 Å². The molecule has 0 atom stereocenters. The Balaban J connectivity index is 3.23. The number of nitrogens with two attached hydrogens (primary N) is 1. The Morgan fingerprint density at radius 1 is 1.31 bits per heavy atom. The molecule has 0 spiro atoms. The van der Waals surface area contributed by atoms with Crippen molar-refractivity contribution < 1.29 is 13.5 Å². The summed E-state index contributed by atoms with van der Waals surface area (Å²) < 4.78 is 26.6. The van der Waals surface area contributed by atoms with Crippen LogP contribution in [0, 0.1) is 0 Å². The molecule has 1 rings (SSSR count). The van der Waals surface area contributed by atoms with Crippen LogP contribution in [0.1, 0.15) is 0 Å². The minimum Gasteiger partial charge on any atom is -0.399 e. The molecule has 16 heavy (non-hydrogen) atoms. The molecule has 0 unspecified atom stereocenters. The Kier molecular flexibility index (Phi) is 4.74. The maximum atomic E-state index is 11.8. The highest BCUT2D eigenvalue weighted by molar-refractivity contribution is 9.11. The molecule has 0 aliphatic heterocycles. The van der Waals surface area contributed by atoms with E-state index in [0.717, 1.165) is 0 Å². The van der Waals surface area contributed by atoms with Crippen LogP contribution >= 0.6 is 31.9 Å². The lowest BCUT2D eigenvalue weighted by Gasteiger charge is -2.10. The van der Waals surface area contributed by atoms with Crippen molar-refractivity contribution in [2.75, 3.05) is 18.9 Å². The van der Waals surface area contributed by atoms with E-state index < -0.39 is 10.0 Å². The minimum atomic E-state index is -3.66. The van der Waals surface area contributed by atoms with Crippen molar-refractivity contribution in [3.63, 3.8) is 0 Å². The van der Waals surface area contributed by atoms with Crippen molar-refractivity contribution in [3.8, 4) is 0 Å². The van der Waals surface area contributed by atoms with Crippen molar-refractivity contribution in [3.05, 3.63) is 21.1 Å². The molecular weight excluding hydrogens is 364 g/mol. The van der Waals surface area contributed by atoms with Crippen LogP contribution in [0.2, 0.25) is 0 Å². The summed E-state index contributed by atoms with van der Waals surface area (Å²) in [6, 6.07) is 3.00. The van der Waals surface area contributed by atoms with Crippen LogP contribution in [-0.2, 0) is 10.0 Å². The second-order valence-corrected chi connectivity index (χ2v) is 6.35. The molecule has 1 aromatic carbocycles. The maximum Gasteiger partial charge on any atom is 0.242 e. The van der Waals surface area contributed by atoms with Crippen LogP contribution in [0.4, 0.5) is 5.69 Å². The number of hydrogen-bond donors (Lipinski definition) is 3. The van der Waals surface area contributed by atoms with Gasteiger partial charge in [0, 0.05) is 21.2 Å². The molecule has 0 heterocycles. The molecule has 5 nitrogen and oxygen atoms in total. The topological polar surface area (TPSA) is 92.4 Å². The minimum absolute atomic E-state index is 0.0361. The van der Waals surface area contributed by atoms with Gasteiger partial charge in [-0.1, -0.05) is 0 Å². The fourth-order valence-electron chi connectivity index (χ4n) is 1.09. The van der Waals surface area contributed by atoms with Crippen LogP contribution < -0.4 is 10.5 Å².